The molecule has 3 heteroatoms. The molecule has 2 aromatic rings. The summed E-state index contributed by atoms with van der Waals surface area (Å²) < 4.78 is 7.63. The van der Waals surface area contributed by atoms with Crippen molar-refractivity contribution in [2.45, 2.75) is 103 Å². The minimum Gasteiger partial charge on any atom is -0.404 e. The van der Waals surface area contributed by atoms with Gasteiger partial charge in [-0.1, -0.05) is 113 Å². The SMILES string of the molecule is C=C[C@]1(O)CCC2C3CC=C4C[C@@H](O[Si](c5ccccc5)(c5ccccc5)C(C)(C)C)CC[C@]4(C)C3CC[C@@]21C. The van der Waals surface area contributed by atoms with Crippen molar-refractivity contribution in [2.24, 2.45) is 28.6 Å². The third-order valence-corrected chi connectivity index (χ3v) is 17.5. The first-order valence-corrected chi connectivity index (χ1v) is 17.7. The molecule has 6 rings (SSSR count). The Kier molecular flexibility index (Phi) is 6.92. The highest BCUT2D eigenvalue weighted by molar-refractivity contribution is 6.99. The number of rotatable bonds is 5. The van der Waals surface area contributed by atoms with Crippen LogP contribution in [0.15, 0.2) is 85.0 Å². The Morgan fingerprint density at radius 3 is 2.05 bits per heavy atom. The number of hydrogen-bond donors (Lipinski definition) is 1. The Bertz CT molecular complexity index is 1220. The summed E-state index contributed by atoms with van der Waals surface area (Å²) in [5.74, 6) is 1.98. The maximum absolute atomic E-state index is 11.5. The Hall–Kier alpha value is -1.94. The van der Waals surface area contributed by atoms with Crippen LogP contribution in [0, 0.1) is 28.6 Å². The van der Waals surface area contributed by atoms with Gasteiger partial charge in [0, 0.05) is 11.5 Å². The van der Waals surface area contributed by atoms with Gasteiger partial charge < -0.3 is 9.53 Å². The van der Waals surface area contributed by atoms with Crippen LogP contribution in [0.3, 0.4) is 0 Å². The molecule has 40 heavy (non-hydrogen) atoms. The Morgan fingerprint density at radius 1 is 0.875 bits per heavy atom. The third-order valence-electron chi connectivity index (χ3n) is 12.4. The second-order valence-electron chi connectivity index (χ2n) is 15.0. The first kappa shape index (κ1) is 28.2. The Balaban J connectivity index is 1.32. The van der Waals surface area contributed by atoms with Gasteiger partial charge in [-0.3, -0.25) is 0 Å². The summed E-state index contributed by atoms with van der Waals surface area (Å²) in [6, 6.07) is 22.2. The molecular weight excluding hydrogens is 504 g/mol. The first-order chi connectivity index (χ1) is 19.0. The second-order valence-corrected chi connectivity index (χ2v) is 19.3. The summed E-state index contributed by atoms with van der Waals surface area (Å²) >= 11 is 0. The summed E-state index contributed by atoms with van der Waals surface area (Å²) in [5.41, 5.74) is 1.18. The van der Waals surface area contributed by atoms with E-state index in [1.54, 1.807) is 5.57 Å². The minimum absolute atomic E-state index is 0.000738. The fraction of sp³-hybridized carbons (Fsp3) is 0.568. The van der Waals surface area contributed by atoms with Crippen LogP contribution in [-0.2, 0) is 4.43 Å². The number of hydrogen-bond acceptors (Lipinski definition) is 2. The predicted octanol–water partition coefficient (Wildman–Crippen LogP) is 7.81. The molecule has 4 aliphatic rings. The van der Waals surface area contributed by atoms with Crippen LogP contribution in [0.25, 0.3) is 0 Å². The topological polar surface area (TPSA) is 29.5 Å². The van der Waals surface area contributed by atoms with E-state index in [2.05, 4.69) is 108 Å². The van der Waals surface area contributed by atoms with Gasteiger partial charge in [-0.05, 0) is 89.9 Å². The molecule has 0 saturated heterocycles. The van der Waals surface area contributed by atoms with Crippen LogP contribution >= 0.6 is 0 Å². The molecule has 3 fully saturated rings. The normalized spacial score (nSPS) is 37.6. The largest absolute Gasteiger partial charge is 0.404 e. The number of fused-ring (bicyclic) bond motifs is 5. The molecule has 0 heterocycles. The number of benzene rings is 2. The standard InChI is InChI=1S/C37H50O2Si/c1-7-37(38)25-22-33-31-19-18-27-26-28(20-23-35(27,5)32(31)21-24-36(33,37)6)39-40(34(2,3)4,29-14-10-8-11-15-29)30-16-12-9-13-17-30/h7-18,28,31-33,38H,1,19-26H2,2-6H3/t28-,31?,32?,33?,35-,36-,37-/m0/s1. The van der Waals surface area contributed by atoms with Crippen molar-refractivity contribution in [3.8, 4) is 0 Å². The van der Waals surface area contributed by atoms with Gasteiger partial charge in [-0.2, -0.15) is 0 Å². The minimum atomic E-state index is -2.56. The molecule has 2 aromatic carbocycles. The Morgan fingerprint density at radius 2 is 1.48 bits per heavy atom. The first-order valence-electron chi connectivity index (χ1n) is 15.8. The van der Waals surface area contributed by atoms with Gasteiger partial charge in [-0.15, -0.1) is 6.58 Å². The molecule has 2 nitrogen and oxygen atoms in total. The van der Waals surface area contributed by atoms with E-state index in [0.717, 1.165) is 38.5 Å². The average molecular weight is 555 g/mol. The van der Waals surface area contributed by atoms with Crippen LogP contribution < -0.4 is 10.4 Å². The van der Waals surface area contributed by atoms with Crippen molar-refractivity contribution in [3.63, 3.8) is 0 Å². The number of allylic oxidation sites excluding steroid dienone is 1. The Labute approximate surface area is 244 Å². The lowest BCUT2D eigenvalue weighted by molar-refractivity contribution is -0.101. The van der Waals surface area contributed by atoms with Crippen molar-refractivity contribution in [3.05, 3.63) is 85.0 Å². The molecule has 0 aliphatic heterocycles. The molecule has 214 valence electrons. The van der Waals surface area contributed by atoms with Gasteiger partial charge in [0.05, 0.1) is 5.60 Å². The van der Waals surface area contributed by atoms with Crippen molar-refractivity contribution >= 4 is 18.7 Å². The van der Waals surface area contributed by atoms with Crippen molar-refractivity contribution in [2.75, 3.05) is 0 Å². The van der Waals surface area contributed by atoms with E-state index in [4.69, 9.17) is 4.43 Å². The fourth-order valence-corrected chi connectivity index (χ4v) is 14.8. The molecule has 3 saturated carbocycles. The monoisotopic (exact) mass is 554 g/mol. The summed E-state index contributed by atoms with van der Waals surface area (Å²) in [7, 11) is -2.56. The molecule has 1 N–H and O–H groups in total. The quantitative estimate of drug-likeness (QED) is 0.302. The lowest BCUT2D eigenvalue weighted by atomic mass is 9.47. The van der Waals surface area contributed by atoms with Gasteiger partial charge in [0.2, 0.25) is 0 Å². The zero-order valence-electron chi connectivity index (χ0n) is 25.5. The highest BCUT2D eigenvalue weighted by Gasteiger charge is 2.63. The van der Waals surface area contributed by atoms with Crippen LogP contribution in [0.2, 0.25) is 5.04 Å². The van der Waals surface area contributed by atoms with Gasteiger partial charge >= 0.3 is 0 Å². The summed E-state index contributed by atoms with van der Waals surface area (Å²) in [5, 5.41) is 14.2. The lowest BCUT2D eigenvalue weighted by Crippen LogP contribution is -2.68. The van der Waals surface area contributed by atoms with Crippen LogP contribution in [0.4, 0.5) is 0 Å². The van der Waals surface area contributed by atoms with Crippen molar-refractivity contribution in [1.82, 2.24) is 0 Å². The molecule has 3 unspecified atom stereocenters. The molecule has 7 atom stereocenters. The maximum atomic E-state index is 11.5. The zero-order chi connectivity index (χ0) is 28.4. The molecular formula is C37H50O2Si. The molecule has 0 radical (unpaired) electrons. The summed E-state index contributed by atoms with van der Waals surface area (Å²) in [4.78, 5) is 0. The number of aliphatic hydroxyl groups is 1. The van der Waals surface area contributed by atoms with E-state index in [0.29, 0.717) is 17.8 Å². The zero-order valence-corrected chi connectivity index (χ0v) is 26.5. The van der Waals surface area contributed by atoms with E-state index >= 15 is 0 Å². The van der Waals surface area contributed by atoms with Crippen molar-refractivity contribution < 1.29 is 9.53 Å². The fourth-order valence-electron chi connectivity index (χ4n) is 10.1. The highest BCUT2D eigenvalue weighted by atomic mass is 28.4. The lowest BCUT2D eigenvalue weighted by Gasteiger charge is -2.59. The van der Waals surface area contributed by atoms with E-state index < -0.39 is 13.9 Å². The van der Waals surface area contributed by atoms with Crippen molar-refractivity contribution in [1.29, 1.82) is 0 Å². The third kappa shape index (κ3) is 4.02. The van der Waals surface area contributed by atoms with E-state index in [1.807, 2.05) is 6.08 Å². The van der Waals surface area contributed by atoms with E-state index in [1.165, 1.54) is 23.2 Å². The second kappa shape index (κ2) is 9.82. The van der Waals surface area contributed by atoms with Gasteiger partial charge in [-0.25, -0.2) is 0 Å². The summed E-state index contributed by atoms with van der Waals surface area (Å²) in [6.45, 7) is 16.2. The van der Waals surface area contributed by atoms with Crippen LogP contribution in [0.1, 0.15) is 86.0 Å². The predicted molar refractivity (Wildman–Crippen MR) is 169 cm³/mol. The summed E-state index contributed by atoms with van der Waals surface area (Å²) in [6.07, 6.45) is 13.6. The van der Waals surface area contributed by atoms with Crippen LogP contribution in [0.5, 0.6) is 0 Å². The highest BCUT2D eigenvalue weighted by Crippen LogP contribution is 2.67. The van der Waals surface area contributed by atoms with E-state index in [-0.39, 0.29) is 22.0 Å². The average Bonchev–Trinajstić information content (AvgIpc) is 3.23. The molecule has 0 bridgehead atoms. The van der Waals surface area contributed by atoms with E-state index in [9.17, 15) is 5.11 Å². The van der Waals surface area contributed by atoms with Gasteiger partial charge in [0.1, 0.15) is 0 Å². The molecule has 0 amide bonds. The van der Waals surface area contributed by atoms with Gasteiger partial charge in [0.15, 0.2) is 0 Å². The van der Waals surface area contributed by atoms with Crippen LogP contribution in [-0.4, -0.2) is 25.1 Å². The maximum Gasteiger partial charge on any atom is 0.261 e. The molecule has 0 spiro atoms. The molecule has 4 aliphatic carbocycles. The molecule has 0 aromatic heterocycles. The van der Waals surface area contributed by atoms with Gasteiger partial charge in [0.25, 0.3) is 8.32 Å². The smallest absolute Gasteiger partial charge is 0.261 e.